The van der Waals surface area contributed by atoms with E-state index < -0.39 is 0 Å². The summed E-state index contributed by atoms with van der Waals surface area (Å²) in [7, 11) is 1.73. The van der Waals surface area contributed by atoms with Crippen molar-refractivity contribution in [2.75, 3.05) is 12.6 Å². The number of hydrogen-bond donors (Lipinski definition) is 2. The van der Waals surface area contributed by atoms with Crippen molar-refractivity contribution in [1.29, 1.82) is 0 Å². The highest BCUT2D eigenvalue weighted by Crippen LogP contribution is 2.27. The minimum Gasteiger partial charge on any atom is -0.473 e. The molecule has 94 valence electrons. The van der Waals surface area contributed by atoms with Crippen molar-refractivity contribution in [3.8, 4) is 5.88 Å². The fourth-order valence-corrected chi connectivity index (χ4v) is 2.15. The lowest BCUT2D eigenvalue weighted by Gasteiger charge is -2.28. The first-order valence-electron chi connectivity index (χ1n) is 5.88. The minimum absolute atomic E-state index is 0.107. The molecular weight excluding hydrogens is 220 g/mol. The third-order valence-electron chi connectivity index (χ3n) is 3.08. The lowest BCUT2D eigenvalue weighted by molar-refractivity contribution is 0.0196. The quantitative estimate of drug-likeness (QED) is 0.787. The SMILES string of the molecule is CO[C@H]1CCC[C@@H](Oc2ncccc2NO)C1. The summed E-state index contributed by atoms with van der Waals surface area (Å²) in [6, 6.07) is 3.46. The molecule has 0 bridgehead atoms. The Bertz CT molecular complexity index is 359. The molecule has 1 aromatic rings. The van der Waals surface area contributed by atoms with Gasteiger partial charge in [0.15, 0.2) is 0 Å². The maximum absolute atomic E-state index is 8.95. The fourth-order valence-electron chi connectivity index (χ4n) is 2.15. The first-order valence-corrected chi connectivity index (χ1v) is 5.88. The molecule has 1 aliphatic rings. The summed E-state index contributed by atoms with van der Waals surface area (Å²) < 4.78 is 11.1. The molecule has 0 amide bonds. The van der Waals surface area contributed by atoms with E-state index >= 15 is 0 Å². The van der Waals surface area contributed by atoms with Gasteiger partial charge in [-0.25, -0.2) is 4.98 Å². The van der Waals surface area contributed by atoms with Crippen LogP contribution in [0.5, 0.6) is 5.88 Å². The summed E-state index contributed by atoms with van der Waals surface area (Å²) in [4.78, 5) is 4.11. The van der Waals surface area contributed by atoms with Crippen LogP contribution in [0.3, 0.4) is 0 Å². The van der Waals surface area contributed by atoms with Gasteiger partial charge in [-0.1, -0.05) is 0 Å². The molecule has 0 aliphatic heterocycles. The molecule has 1 heterocycles. The Morgan fingerprint density at radius 3 is 3.00 bits per heavy atom. The predicted molar refractivity (Wildman–Crippen MR) is 63.3 cm³/mol. The fraction of sp³-hybridized carbons (Fsp3) is 0.583. The number of aromatic nitrogens is 1. The van der Waals surface area contributed by atoms with Gasteiger partial charge in [-0.2, -0.15) is 0 Å². The Hall–Kier alpha value is -1.33. The van der Waals surface area contributed by atoms with Crippen LogP contribution >= 0.6 is 0 Å². The second kappa shape index (κ2) is 5.84. The first-order chi connectivity index (χ1) is 8.33. The molecule has 1 aromatic heterocycles. The summed E-state index contributed by atoms with van der Waals surface area (Å²) in [6.07, 6.45) is 6.08. The van der Waals surface area contributed by atoms with Crippen LogP contribution < -0.4 is 10.2 Å². The van der Waals surface area contributed by atoms with E-state index in [0.29, 0.717) is 11.6 Å². The van der Waals surface area contributed by atoms with Crippen LogP contribution in [0.1, 0.15) is 25.7 Å². The van der Waals surface area contributed by atoms with Crippen LogP contribution in [0.4, 0.5) is 5.69 Å². The zero-order valence-electron chi connectivity index (χ0n) is 9.93. The van der Waals surface area contributed by atoms with Crippen molar-refractivity contribution in [2.24, 2.45) is 0 Å². The summed E-state index contributed by atoms with van der Waals surface area (Å²) in [5.74, 6) is 0.441. The monoisotopic (exact) mass is 238 g/mol. The molecule has 0 saturated heterocycles. The average molecular weight is 238 g/mol. The lowest BCUT2D eigenvalue weighted by Crippen LogP contribution is -2.29. The van der Waals surface area contributed by atoms with Crippen LogP contribution in [-0.2, 0) is 4.74 Å². The molecule has 1 saturated carbocycles. The van der Waals surface area contributed by atoms with E-state index in [0.717, 1.165) is 25.7 Å². The topological polar surface area (TPSA) is 63.6 Å². The van der Waals surface area contributed by atoms with Crippen LogP contribution in [0.25, 0.3) is 0 Å². The predicted octanol–water partition coefficient (Wildman–Crippen LogP) is 2.22. The maximum atomic E-state index is 8.95. The number of ether oxygens (including phenoxy) is 2. The van der Waals surface area contributed by atoms with E-state index in [2.05, 4.69) is 10.5 Å². The molecule has 0 spiro atoms. The summed E-state index contributed by atoms with van der Waals surface area (Å²) in [5.41, 5.74) is 2.58. The number of methoxy groups -OCH3 is 1. The smallest absolute Gasteiger partial charge is 0.239 e. The molecule has 1 fully saturated rings. The number of rotatable bonds is 4. The Balaban J connectivity index is 2.00. The third kappa shape index (κ3) is 3.08. The second-order valence-corrected chi connectivity index (χ2v) is 4.23. The zero-order valence-corrected chi connectivity index (χ0v) is 9.93. The summed E-state index contributed by atoms with van der Waals surface area (Å²) in [5, 5.41) is 8.95. The molecule has 17 heavy (non-hydrogen) atoms. The normalized spacial score (nSPS) is 24.4. The molecular formula is C12H18N2O3. The van der Waals surface area contributed by atoms with Gasteiger partial charge in [-0.3, -0.25) is 10.7 Å². The summed E-state index contributed by atoms with van der Waals surface area (Å²) in [6.45, 7) is 0. The van der Waals surface area contributed by atoms with Crippen LogP contribution in [-0.4, -0.2) is 29.5 Å². The number of hydrogen-bond acceptors (Lipinski definition) is 5. The largest absolute Gasteiger partial charge is 0.473 e. The molecule has 5 heteroatoms. The van der Waals surface area contributed by atoms with Crippen molar-refractivity contribution < 1.29 is 14.7 Å². The molecule has 0 aromatic carbocycles. The zero-order chi connectivity index (χ0) is 12.1. The highest BCUT2D eigenvalue weighted by Gasteiger charge is 2.24. The van der Waals surface area contributed by atoms with Gasteiger partial charge in [0.05, 0.1) is 6.10 Å². The van der Waals surface area contributed by atoms with E-state index in [1.165, 1.54) is 0 Å². The number of nitrogens with one attached hydrogen (secondary N) is 1. The van der Waals surface area contributed by atoms with E-state index in [4.69, 9.17) is 14.7 Å². The first kappa shape index (κ1) is 12.1. The standard InChI is InChI=1S/C12H18N2O3/c1-16-9-4-2-5-10(8-9)17-12-11(14-15)6-3-7-13-12/h3,6-7,9-10,14-15H,2,4-5,8H2,1H3/t9-,10+/m0/s1. The Kier molecular flexibility index (Phi) is 4.17. The van der Waals surface area contributed by atoms with Crippen molar-refractivity contribution in [3.63, 3.8) is 0 Å². The highest BCUT2D eigenvalue weighted by molar-refractivity contribution is 5.49. The van der Waals surface area contributed by atoms with Gasteiger partial charge in [0.25, 0.3) is 0 Å². The van der Waals surface area contributed by atoms with Crippen LogP contribution in [0, 0.1) is 0 Å². The Morgan fingerprint density at radius 1 is 1.41 bits per heavy atom. The van der Waals surface area contributed by atoms with Gasteiger partial charge in [-0.15, -0.1) is 0 Å². The van der Waals surface area contributed by atoms with Gasteiger partial charge in [0.1, 0.15) is 11.8 Å². The molecule has 2 N–H and O–H groups in total. The molecule has 5 nitrogen and oxygen atoms in total. The van der Waals surface area contributed by atoms with Crippen molar-refractivity contribution >= 4 is 5.69 Å². The molecule has 0 unspecified atom stereocenters. The average Bonchev–Trinajstić information content (AvgIpc) is 2.39. The van der Waals surface area contributed by atoms with E-state index in [9.17, 15) is 0 Å². The molecule has 2 rings (SSSR count). The molecule has 1 aliphatic carbocycles. The Morgan fingerprint density at radius 2 is 2.24 bits per heavy atom. The Labute approximate surface area is 101 Å². The van der Waals surface area contributed by atoms with E-state index in [1.54, 1.807) is 25.4 Å². The minimum atomic E-state index is 0.107. The van der Waals surface area contributed by atoms with Crippen molar-refractivity contribution in [3.05, 3.63) is 18.3 Å². The van der Waals surface area contributed by atoms with Crippen LogP contribution in [0.15, 0.2) is 18.3 Å². The van der Waals surface area contributed by atoms with Crippen LogP contribution in [0.2, 0.25) is 0 Å². The summed E-state index contributed by atoms with van der Waals surface area (Å²) >= 11 is 0. The van der Waals surface area contributed by atoms with Gasteiger partial charge >= 0.3 is 0 Å². The van der Waals surface area contributed by atoms with Gasteiger partial charge in [-0.05, 0) is 31.4 Å². The second-order valence-electron chi connectivity index (χ2n) is 4.23. The van der Waals surface area contributed by atoms with E-state index in [-0.39, 0.29) is 12.2 Å². The van der Waals surface area contributed by atoms with Gasteiger partial charge < -0.3 is 9.47 Å². The molecule has 2 atom stereocenters. The number of nitrogens with zero attached hydrogens (tertiary/aromatic N) is 1. The van der Waals surface area contributed by atoms with E-state index in [1.807, 2.05) is 0 Å². The maximum Gasteiger partial charge on any atom is 0.239 e. The van der Waals surface area contributed by atoms with Crippen molar-refractivity contribution in [2.45, 2.75) is 37.9 Å². The number of anilines is 1. The number of pyridine rings is 1. The third-order valence-corrected chi connectivity index (χ3v) is 3.08. The highest BCUT2D eigenvalue weighted by atomic mass is 16.5. The van der Waals surface area contributed by atoms with Crippen molar-refractivity contribution in [1.82, 2.24) is 4.98 Å². The van der Waals surface area contributed by atoms with Gasteiger partial charge in [0.2, 0.25) is 5.88 Å². The molecule has 0 radical (unpaired) electrons. The van der Waals surface area contributed by atoms with Gasteiger partial charge in [0, 0.05) is 19.7 Å². The lowest BCUT2D eigenvalue weighted by atomic mass is 9.95.